The predicted molar refractivity (Wildman–Crippen MR) is 113 cm³/mol. The van der Waals surface area contributed by atoms with Gasteiger partial charge in [0, 0.05) is 26.7 Å². The molecule has 2 N–H and O–H groups in total. The van der Waals surface area contributed by atoms with Crippen LogP contribution in [0.2, 0.25) is 0 Å². The molecule has 152 valence electrons. The number of benzene rings is 2. The topological polar surface area (TPSA) is 64.1 Å². The average Bonchev–Trinajstić information content (AvgIpc) is 2.75. The van der Waals surface area contributed by atoms with Crippen LogP contribution in [0.25, 0.3) is 0 Å². The van der Waals surface area contributed by atoms with E-state index >= 15 is 0 Å². The number of aliphatic imine (C=N–C) groups is 1. The van der Waals surface area contributed by atoms with Crippen molar-refractivity contribution in [2.45, 2.75) is 19.4 Å². The summed E-state index contributed by atoms with van der Waals surface area (Å²) in [6, 6.07) is 16.0. The van der Waals surface area contributed by atoms with Gasteiger partial charge in [0.2, 0.25) is 0 Å². The first-order chi connectivity index (χ1) is 13.8. The number of ether oxygens (including phenoxy) is 3. The van der Waals surface area contributed by atoms with E-state index in [1.165, 1.54) is 5.56 Å². The second-order valence-electron chi connectivity index (χ2n) is 6.24. The van der Waals surface area contributed by atoms with Crippen LogP contribution in [0.5, 0.6) is 11.5 Å². The fraction of sp³-hybridized carbons (Fsp3) is 0.409. The molecular formula is C22H31N3O3. The first-order valence-electron chi connectivity index (χ1n) is 9.54. The van der Waals surface area contributed by atoms with Crippen LogP contribution in [-0.2, 0) is 17.8 Å². The number of guanidine groups is 1. The van der Waals surface area contributed by atoms with Crippen molar-refractivity contribution in [3.05, 3.63) is 59.7 Å². The highest BCUT2D eigenvalue weighted by Gasteiger charge is 2.02. The molecule has 0 aromatic heterocycles. The average molecular weight is 386 g/mol. The van der Waals surface area contributed by atoms with Gasteiger partial charge in [0.1, 0.15) is 11.5 Å². The van der Waals surface area contributed by atoms with Crippen LogP contribution in [0.15, 0.2) is 53.5 Å². The summed E-state index contributed by atoms with van der Waals surface area (Å²) in [6.45, 7) is 2.89. The number of nitrogens with one attached hydrogen (secondary N) is 2. The summed E-state index contributed by atoms with van der Waals surface area (Å²) in [5.41, 5.74) is 2.32. The Bertz CT molecular complexity index is 717. The zero-order valence-electron chi connectivity index (χ0n) is 17.0. The molecule has 6 nitrogen and oxygen atoms in total. The Balaban J connectivity index is 1.58. The third kappa shape index (κ3) is 7.48. The molecule has 0 unspecified atom stereocenters. The van der Waals surface area contributed by atoms with Gasteiger partial charge in [-0.1, -0.05) is 30.3 Å². The van der Waals surface area contributed by atoms with E-state index in [1.54, 1.807) is 21.3 Å². The van der Waals surface area contributed by atoms with Gasteiger partial charge < -0.3 is 24.8 Å². The van der Waals surface area contributed by atoms with Crippen molar-refractivity contribution in [3.8, 4) is 11.5 Å². The molecule has 2 aromatic rings. The summed E-state index contributed by atoms with van der Waals surface area (Å²) >= 11 is 0. The molecule has 2 aromatic carbocycles. The smallest absolute Gasteiger partial charge is 0.190 e. The summed E-state index contributed by atoms with van der Waals surface area (Å²) in [6.07, 6.45) is 1.78. The summed E-state index contributed by atoms with van der Waals surface area (Å²) in [5, 5.41) is 6.64. The second kappa shape index (κ2) is 12.6. The van der Waals surface area contributed by atoms with Crippen molar-refractivity contribution >= 4 is 5.96 Å². The highest BCUT2D eigenvalue weighted by molar-refractivity contribution is 5.79. The summed E-state index contributed by atoms with van der Waals surface area (Å²) in [7, 11) is 5.14. The molecule has 28 heavy (non-hydrogen) atoms. The highest BCUT2D eigenvalue weighted by atomic mass is 16.5. The lowest BCUT2D eigenvalue weighted by Gasteiger charge is -2.13. The molecule has 0 heterocycles. The van der Waals surface area contributed by atoms with E-state index in [4.69, 9.17) is 14.2 Å². The maximum Gasteiger partial charge on any atom is 0.190 e. The lowest BCUT2D eigenvalue weighted by molar-refractivity contribution is 0.119. The summed E-state index contributed by atoms with van der Waals surface area (Å²) in [4.78, 5) is 4.25. The molecule has 0 aliphatic carbocycles. The first kappa shape index (κ1) is 21.6. The normalized spacial score (nSPS) is 11.2. The second-order valence-corrected chi connectivity index (χ2v) is 6.24. The van der Waals surface area contributed by atoms with Crippen molar-refractivity contribution in [2.24, 2.45) is 4.99 Å². The van der Waals surface area contributed by atoms with Crippen LogP contribution < -0.4 is 20.1 Å². The monoisotopic (exact) mass is 385 g/mol. The van der Waals surface area contributed by atoms with E-state index in [0.717, 1.165) is 49.0 Å². The Hall–Kier alpha value is -2.73. The van der Waals surface area contributed by atoms with Gasteiger partial charge in [0.15, 0.2) is 5.96 Å². The molecule has 0 aliphatic rings. The Kier molecular flexibility index (Phi) is 9.72. The van der Waals surface area contributed by atoms with Gasteiger partial charge in [0.25, 0.3) is 0 Å². The van der Waals surface area contributed by atoms with Crippen LogP contribution in [0.3, 0.4) is 0 Å². The van der Waals surface area contributed by atoms with Gasteiger partial charge >= 0.3 is 0 Å². The highest BCUT2D eigenvalue weighted by Crippen LogP contribution is 2.17. The van der Waals surface area contributed by atoms with Gasteiger partial charge in [-0.25, -0.2) is 0 Å². The van der Waals surface area contributed by atoms with E-state index in [0.29, 0.717) is 13.2 Å². The van der Waals surface area contributed by atoms with Gasteiger partial charge in [-0.3, -0.25) is 4.99 Å². The van der Waals surface area contributed by atoms with E-state index in [2.05, 4.69) is 21.7 Å². The minimum Gasteiger partial charge on any atom is -0.497 e. The summed E-state index contributed by atoms with van der Waals surface area (Å²) in [5.74, 6) is 2.57. The van der Waals surface area contributed by atoms with Crippen LogP contribution in [0, 0.1) is 0 Å². The molecule has 0 radical (unpaired) electrons. The first-order valence-corrected chi connectivity index (χ1v) is 9.54. The van der Waals surface area contributed by atoms with Crippen molar-refractivity contribution in [2.75, 3.05) is 41.0 Å². The molecule has 0 atom stereocenters. The van der Waals surface area contributed by atoms with Gasteiger partial charge in [-0.2, -0.15) is 0 Å². The number of hydrogen-bond acceptors (Lipinski definition) is 4. The summed E-state index contributed by atoms with van der Waals surface area (Å²) < 4.78 is 16.3. The van der Waals surface area contributed by atoms with Crippen molar-refractivity contribution in [1.29, 1.82) is 0 Å². The standard InChI is InChI=1S/C22H31N3O3/c1-23-22(25-15-13-19-7-4-5-8-21(19)27-3)24-14-6-16-28-17-18-9-11-20(26-2)12-10-18/h4-5,7-12H,6,13-17H2,1-3H3,(H2,23,24,25). The number of rotatable bonds is 11. The fourth-order valence-electron chi connectivity index (χ4n) is 2.74. The lowest BCUT2D eigenvalue weighted by atomic mass is 10.1. The molecule has 0 bridgehead atoms. The zero-order valence-corrected chi connectivity index (χ0v) is 17.0. The Labute approximate surface area is 167 Å². The molecule has 0 aliphatic heterocycles. The molecule has 0 saturated heterocycles. The Morgan fingerprint density at radius 2 is 1.68 bits per heavy atom. The van der Waals surface area contributed by atoms with Gasteiger partial charge in [0.05, 0.1) is 20.8 Å². The maximum absolute atomic E-state index is 5.72. The van der Waals surface area contributed by atoms with E-state index in [1.807, 2.05) is 42.5 Å². The van der Waals surface area contributed by atoms with Crippen LogP contribution in [-0.4, -0.2) is 46.9 Å². The maximum atomic E-state index is 5.72. The van der Waals surface area contributed by atoms with Crippen molar-refractivity contribution in [3.63, 3.8) is 0 Å². The van der Waals surface area contributed by atoms with Crippen molar-refractivity contribution < 1.29 is 14.2 Å². The molecule has 0 fully saturated rings. The quantitative estimate of drug-likeness (QED) is 0.354. The Morgan fingerprint density at radius 3 is 2.39 bits per heavy atom. The van der Waals surface area contributed by atoms with Gasteiger partial charge in [-0.15, -0.1) is 0 Å². The molecule has 0 amide bonds. The number of nitrogens with zero attached hydrogens (tertiary/aromatic N) is 1. The predicted octanol–water partition coefficient (Wildman–Crippen LogP) is 3.02. The van der Waals surface area contributed by atoms with Gasteiger partial charge in [-0.05, 0) is 42.2 Å². The zero-order chi connectivity index (χ0) is 20.0. The lowest BCUT2D eigenvalue weighted by Crippen LogP contribution is -2.39. The van der Waals surface area contributed by atoms with Crippen LogP contribution >= 0.6 is 0 Å². The fourth-order valence-corrected chi connectivity index (χ4v) is 2.74. The number of methoxy groups -OCH3 is 2. The number of hydrogen-bond donors (Lipinski definition) is 2. The molecular weight excluding hydrogens is 354 g/mol. The minimum absolute atomic E-state index is 0.607. The van der Waals surface area contributed by atoms with Crippen LogP contribution in [0.1, 0.15) is 17.5 Å². The molecule has 2 rings (SSSR count). The molecule has 0 saturated carbocycles. The molecule has 6 heteroatoms. The number of para-hydroxylation sites is 1. The Morgan fingerprint density at radius 1 is 0.929 bits per heavy atom. The van der Waals surface area contributed by atoms with Crippen LogP contribution in [0.4, 0.5) is 0 Å². The minimum atomic E-state index is 0.607. The third-order valence-electron chi connectivity index (χ3n) is 4.29. The molecule has 0 spiro atoms. The van der Waals surface area contributed by atoms with E-state index < -0.39 is 0 Å². The van der Waals surface area contributed by atoms with E-state index in [9.17, 15) is 0 Å². The third-order valence-corrected chi connectivity index (χ3v) is 4.29. The van der Waals surface area contributed by atoms with E-state index in [-0.39, 0.29) is 0 Å². The largest absolute Gasteiger partial charge is 0.497 e. The SMILES string of the molecule is CN=C(NCCCOCc1ccc(OC)cc1)NCCc1ccccc1OC. The van der Waals surface area contributed by atoms with Crippen molar-refractivity contribution in [1.82, 2.24) is 10.6 Å².